The molecule has 2 heteroatoms. The van der Waals surface area contributed by atoms with Crippen molar-refractivity contribution in [1.29, 1.82) is 0 Å². The highest BCUT2D eigenvalue weighted by atomic mass is 32.1. The van der Waals surface area contributed by atoms with Gasteiger partial charge in [0.15, 0.2) is 0 Å². The predicted molar refractivity (Wildman–Crippen MR) is 80.6 cm³/mol. The van der Waals surface area contributed by atoms with Gasteiger partial charge in [0, 0.05) is 10.8 Å². The minimum Gasteiger partial charge on any atom is -0.384 e. The molecular formula is C17H20OS. The Balaban J connectivity index is 2.04. The van der Waals surface area contributed by atoms with Crippen molar-refractivity contribution in [3.05, 3.63) is 57.8 Å². The molecule has 1 heterocycles. The van der Waals surface area contributed by atoms with Gasteiger partial charge in [-0.05, 0) is 42.3 Å². The summed E-state index contributed by atoms with van der Waals surface area (Å²) in [6.07, 6.45) is 4.29. The second-order valence-electron chi connectivity index (χ2n) is 5.52. The molecule has 0 radical (unpaired) electrons. The van der Waals surface area contributed by atoms with Gasteiger partial charge in [-0.25, -0.2) is 0 Å². The van der Waals surface area contributed by atoms with Crippen LogP contribution in [0, 0.1) is 6.92 Å². The first-order valence-electron chi connectivity index (χ1n) is 7.04. The van der Waals surface area contributed by atoms with Crippen LogP contribution in [-0.4, -0.2) is 5.11 Å². The standard InChI is InChI=1S/C17H20OS/c1-13-15(10-12-19-13)17(18)11-6-5-9-16(17)14-7-3-2-4-8-14/h2-4,7-8,10,12,16,18H,5-6,9,11H2,1H3. The molecule has 1 fully saturated rings. The molecule has 0 aliphatic heterocycles. The summed E-state index contributed by atoms with van der Waals surface area (Å²) in [4.78, 5) is 1.25. The lowest BCUT2D eigenvalue weighted by atomic mass is 9.69. The Labute approximate surface area is 118 Å². The first-order chi connectivity index (χ1) is 9.22. The van der Waals surface area contributed by atoms with Crippen LogP contribution in [0.25, 0.3) is 0 Å². The van der Waals surface area contributed by atoms with Crippen LogP contribution in [0.2, 0.25) is 0 Å². The van der Waals surface area contributed by atoms with Crippen molar-refractivity contribution in [3.8, 4) is 0 Å². The molecule has 0 saturated heterocycles. The highest BCUT2D eigenvalue weighted by Crippen LogP contribution is 2.48. The topological polar surface area (TPSA) is 20.2 Å². The van der Waals surface area contributed by atoms with Crippen molar-refractivity contribution in [2.75, 3.05) is 0 Å². The summed E-state index contributed by atoms with van der Waals surface area (Å²) in [5.74, 6) is 0.232. The van der Waals surface area contributed by atoms with Gasteiger partial charge in [0.25, 0.3) is 0 Å². The van der Waals surface area contributed by atoms with E-state index in [4.69, 9.17) is 0 Å². The van der Waals surface area contributed by atoms with Crippen molar-refractivity contribution in [2.45, 2.75) is 44.1 Å². The Morgan fingerprint density at radius 2 is 1.95 bits per heavy atom. The number of hydrogen-bond acceptors (Lipinski definition) is 2. The summed E-state index contributed by atoms with van der Waals surface area (Å²) in [7, 11) is 0. The number of hydrogen-bond donors (Lipinski definition) is 1. The first-order valence-corrected chi connectivity index (χ1v) is 7.91. The third kappa shape index (κ3) is 2.24. The summed E-state index contributed by atoms with van der Waals surface area (Å²) in [6, 6.07) is 12.6. The summed E-state index contributed by atoms with van der Waals surface area (Å²) >= 11 is 1.73. The summed E-state index contributed by atoms with van der Waals surface area (Å²) in [5, 5.41) is 13.4. The smallest absolute Gasteiger partial charge is 0.0975 e. The van der Waals surface area contributed by atoms with Gasteiger partial charge in [-0.3, -0.25) is 0 Å². The fourth-order valence-corrected chi connectivity index (χ4v) is 4.22. The predicted octanol–water partition coefficient (Wildman–Crippen LogP) is 4.60. The number of benzene rings is 1. The number of aryl methyl sites for hydroxylation is 1. The van der Waals surface area contributed by atoms with Crippen molar-refractivity contribution in [2.24, 2.45) is 0 Å². The van der Waals surface area contributed by atoms with Crippen molar-refractivity contribution in [3.63, 3.8) is 0 Å². The highest BCUT2D eigenvalue weighted by molar-refractivity contribution is 7.10. The maximum absolute atomic E-state index is 11.3. The lowest BCUT2D eigenvalue weighted by Gasteiger charge is -2.40. The highest BCUT2D eigenvalue weighted by Gasteiger charge is 2.42. The molecule has 0 bridgehead atoms. The van der Waals surface area contributed by atoms with Gasteiger partial charge in [-0.2, -0.15) is 0 Å². The van der Waals surface area contributed by atoms with E-state index in [9.17, 15) is 5.11 Å². The van der Waals surface area contributed by atoms with Gasteiger partial charge >= 0.3 is 0 Å². The van der Waals surface area contributed by atoms with Crippen LogP contribution in [0.5, 0.6) is 0 Å². The number of aliphatic hydroxyl groups is 1. The van der Waals surface area contributed by atoms with Gasteiger partial charge < -0.3 is 5.11 Å². The monoisotopic (exact) mass is 272 g/mol. The molecule has 1 N–H and O–H groups in total. The molecule has 1 aliphatic rings. The van der Waals surface area contributed by atoms with Crippen LogP contribution >= 0.6 is 11.3 Å². The third-order valence-corrected chi connectivity index (χ3v) is 5.25. The number of rotatable bonds is 2. The Bertz CT molecular complexity index is 545. The SMILES string of the molecule is Cc1sccc1C1(O)CCCCC1c1ccccc1. The van der Waals surface area contributed by atoms with Crippen molar-refractivity contribution < 1.29 is 5.11 Å². The summed E-state index contributed by atoms with van der Waals surface area (Å²) in [6.45, 7) is 2.12. The van der Waals surface area contributed by atoms with Gasteiger partial charge in [0.05, 0.1) is 5.60 Å². The lowest BCUT2D eigenvalue weighted by Crippen LogP contribution is -2.36. The Morgan fingerprint density at radius 3 is 2.63 bits per heavy atom. The maximum Gasteiger partial charge on any atom is 0.0975 e. The maximum atomic E-state index is 11.3. The largest absolute Gasteiger partial charge is 0.384 e. The summed E-state index contributed by atoms with van der Waals surface area (Å²) in [5.41, 5.74) is 1.74. The molecule has 19 heavy (non-hydrogen) atoms. The molecule has 2 atom stereocenters. The molecule has 1 aromatic heterocycles. The molecule has 1 aliphatic carbocycles. The molecule has 1 nitrogen and oxygen atoms in total. The zero-order chi connectivity index (χ0) is 13.3. The molecule has 2 aromatic rings. The Kier molecular flexibility index (Phi) is 3.46. The molecular weight excluding hydrogens is 252 g/mol. The van der Waals surface area contributed by atoms with Gasteiger partial charge in [0.1, 0.15) is 0 Å². The van der Waals surface area contributed by atoms with Gasteiger partial charge in [0.2, 0.25) is 0 Å². The van der Waals surface area contributed by atoms with Crippen LogP contribution in [-0.2, 0) is 5.60 Å². The minimum absolute atomic E-state index is 0.232. The van der Waals surface area contributed by atoms with Crippen molar-refractivity contribution in [1.82, 2.24) is 0 Å². The normalized spacial score (nSPS) is 27.4. The van der Waals surface area contributed by atoms with Crippen LogP contribution < -0.4 is 0 Å². The zero-order valence-corrected chi connectivity index (χ0v) is 12.1. The lowest BCUT2D eigenvalue weighted by molar-refractivity contribution is -0.0225. The van der Waals surface area contributed by atoms with Gasteiger partial charge in [-0.15, -0.1) is 11.3 Å². The molecule has 100 valence electrons. The van der Waals surface area contributed by atoms with Crippen LogP contribution in [0.1, 0.15) is 47.6 Å². The molecule has 0 spiro atoms. The molecule has 2 unspecified atom stereocenters. The van der Waals surface area contributed by atoms with E-state index in [2.05, 4.69) is 42.6 Å². The van der Waals surface area contributed by atoms with E-state index < -0.39 is 5.60 Å². The van der Waals surface area contributed by atoms with Crippen LogP contribution in [0.3, 0.4) is 0 Å². The van der Waals surface area contributed by atoms with Crippen LogP contribution in [0.4, 0.5) is 0 Å². The molecule has 3 rings (SSSR count). The van der Waals surface area contributed by atoms with E-state index in [0.717, 1.165) is 24.8 Å². The quantitative estimate of drug-likeness (QED) is 0.847. The van der Waals surface area contributed by atoms with E-state index in [1.54, 1.807) is 11.3 Å². The Morgan fingerprint density at radius 1 is 1.16 bits per heavy atom. The average molecular weight is 272 g/mol. The van der Waals surface area contributed by atoms with E-state index in [1.807, 2.05) is 6.07 Å². The van der Waals surface area contributed by atoms with Crippen molar-refractivity contribution >= 4 is 11.3 Å². The van der Waals surface area contributed by atoms with Gasteiger partial charge in [-0.1, -0.05) is 43.2 Å². The van der Waals surface area contributed by atoms with E-state index in [-0.39, 0.29) is 5.92 Å². The first kappa shape index (κ1) is 12.9. The van der Waals surface area contributed by atoms with E-state index >= 15 is 0 Å². The zero-order valence-electron chi connectivity index (χ0n) is 11.3. The fourth-order valence-electron chi connectivity index (χ4n) is 3.44. The second-order valence-corrected chi connectivity index (χ2v) is 6.64. The molecule has 0 amide bonds. The fraction of sp³-hybridized carbons (Fsp3) is 0.412. The van der Waals surface area contributed by atoms with E-state index in [1.165, 1.54) is 16.9 Å². The van der Waals surface area contributed by atoms with E-state index in [0.29, 0.717) is 0 Å². The molecule has 1 saturated carbocycles. The Hall–Kier alpha value is -1.12. The minimum atomic E-state index is -0.677. The van der Waals surface area contributed by atoms with Crippen LogP contribution in [0.15, 0.2) is 41.8 Å². The molecule has 1 aromatic carbocycles. The third-order valence-electron chi connectivity index (χ3n) is 4.40. The number of thiophene rings is 1. The average Bonchev–Trinajstić information content (AvgIpc) is 2.87. The second kappa shape index (κ2) is 5.10. The summed E-state index contributed by atoms with van der Waals surface area (Å²) < 4.78 is 0.